The third-order valence-electron chi connectivity index (χ3n) is 2.43. The number of carbonyl (C=O) groups excluding carboxylic acids is 2. The number of hydrogen-bond acceptors (Lipinski definition) is 3. The van der Waals surface area contributed by atoms with Crippen LogP contribution in [0.2, 0.25) is 0 Å². The van der Waals surface area contributed by atoms with Gasteiger partial charge in [-0.1, -0.05) is 0 Å². The SMILES string of the molecule is O=C1C=CC(=O)c2ncc(CCC[18F])cc21. The van der Waals surface area contributed by atoms with Gasteiger partial charge < -0.3 is 0 Å². The van der Waals surface area contributed by atoms with Crippen LogP contribution in [0.25, 0.3) is 0 Å². The molecule has 0 radical (unpaired) electrons. The van der Waals surface area contributed by atoms with Crippen LogP contribution in [0, 0.1) is 0 Å². The quantitative estimate of drug-likeness (QED) is 0.778. The van der Waals surface area contributed by atoms with E-state index in [1.807, 2.05) is 0 Å². The molecule has 0 fully saturated rings. The minimum Gasteiger partial charge on any atom is -0.289 e. The Labute approximate surface area is 92.0 Å². The van der Waals surface area contributed by atoms with Crippen molar-refractivity contribution >= 4 is 11.6 Å². The van der Waals surface area contributed by atoms with Crippen LogP contribution < -0.4 is 0 Å². The molecular weight excluding hydrogens is 208 g/mol. The Morgan fingerprint density at radius 3 is 2.69 bits per heavy atom. The van der Waals surface area contributed by atoms with Gasteiger partial charge in [0.1, 0.15) is 5.69 Å². The Hall–Kier alpha value is -1.84. The molecule has 2 rings (SSSR count). The van der Waals surface area contributed by atoms with Crippen molar-refractivity contribution in [3.05, 3.63) is 41.2 Å². The summed E-state index contributed by atoms with van der Waals surface area (Å²) in [6, 6.07) is 1.63. The molecule has 0 bridgehead atoms. The average Bonchev–Trinajstić information content (AvgIpc) is 2.31. The van der Waals surface area contributed by atoms with Crippen LogP contribution in [0.1, 0.15) is 32.8 Å². The molecule has 1 aliphatic carbocycles. The minimum atomic E-state index is -0.399. The number of alkyl halides is 1. The molecule has 4 heteroatoms. The van der Waals surface area contributed by atoms with Crippen molar-refractivity contribution in [3.63, 3.8) is 0 Å². The fraction of sp³-hybridized carbons (Fsp3) is 0.250. The molecule has 0 amide bonds. The summed E-state index contributed by atoms with van der Waals surface area (Å²) in [4.78, 5) is 26.9. The maximum absolute atomic E-state index is 12.0. The van der Waals surface area contributed by atoms with Crippen LogP contribution in [-0.4, -0.2) is 23.2 Å². The molecule has 0 saturated carbocycles. The van der Waals surface area contributed by atoms with Crippen LogP contribution in [0.4, 0.5) is 4.39 Å². The number of nitrogens with zero attached hydrogens (tertiary/aromatic N) is 1. The van der Waals surface area contributed by atoms with Gasteiger partial charge in [0, 0.05) is 6.20 Å². The lowest BCUT2D eigenvalue weighted by Crippen LogP contribution is -2.14. The van der Waals surface area contributed by atoms with E-state index in [0.29, 0.717) is 18.4 Å². The van der Waals surface area contributed by atoms with Crippen molar-refractivity contribution in [2.24, 2.45) is 0 Å². The molecule has 0 unspecified atom stereocenters. The summed E-state index contributed by atoms with van der Waals surface area (Å²) in [5.74, 6) is -0.476. The molecule has 0 spiro atoms. The van der Waals surface area contributed by atoms with Gasteiger partial charge in [-0.15, -0.1) is 0 Å². The van der Waals surface area contributed by atoms with Gasteiger partial charge in [-0.25, -0.2) is 0 Å². The van der Waals surface area contributed by atoms with Gasteiger partial charge in [0.2, 0.25) is 5.78 Å². The summed E-state index contributed by atoms with van der Waals surface area (Å²) in [5, 5.41) is 0. The second-order valence-corrected chi connectivity index (χ2v) is 3.59. The number of halogens is 1. The molecule has 1 heterocycles. The number of allylic oxidation sites excluding steroid dienone is 2. The Balaban J connectivity index is 2.35. The van der Waals surface area contributed by atoms with E-state index in [0.717, 1.165) is 5.56 Å². The van der Waals surface area contributed by atoms with E-state index in [1.54, 1.807) is 6.07 Å². The van der Waals surface area contributed by atoms with Gasteiger partial charge in [-0.3, -0.25) is 19.0 Å². The fourth-order valence-electron chi connectivity index (χ4n) is 1.62. The third-order valence-corrected chi connectivity index (χ3v) is 2.43. The zero-order valence-electron chi connectivity index (χ0n) is 8.57. The predicted octanol–water partition coefficient (Wildman–Crippen LogP) is 1.92. The lowest BCUT2D eigenvalue weighted by Gasteiger charge is -2.09. The van der Waals surface area contributed by atoms with Crippen LogP contribution in [0.5, 0.6) is 0 Å². The lowest BCUT2D eigenvalue weighted by molar-refractivity contribution is 0.0990. The van der Waals surface area contributed by atoms with Gasteiger partial charge in [-0.2, -0.15) is 0 Å². The van der Waals surface area contributed by atoms with Crippen molar-refractivity contribution in [2.75, 3.05) is 6.67 Å². The van der Waals surface area contributed by atoms with Crippen molar-refractivity contribution < 1.29 is 14.0 Å². The summed E-state index contributed by atoms with van der Waals surface area (Å²) in [7, 11) is 0. The number of carbonyl (C=O) groups is 2. The monoisotopic (exact) mass is 218 g/mol. The largest absolute Gasteiger partial charge is 0.289 e. The highest BCUT2D eigenvalue weighted by molar-refractivity contribution is 6.21. The maximum atomic E-state index is 12.0. The van der Waals surface area contributed by atoms with Gasteiger partial charge in [0.25, 0.3) is 0 Å². The van der Waals surface area contributed by atoms with Gasteiger partial charge in [-0.05, 0) is 36.6 Å². The Kier molecular flexibility index (Phi) is 2.90. The van der Waals surface area contributed by atoms with E-state index < -0.39 is 6.67 Å². The van der Waals surface area contributed by atoms with Crippen molar-refractivity contribution in [1.29, 1.82) is 0 Å². The number of ketones is 2. The van der Waals surface area contributed by atoms with E-state index in [1.165, 1.54) is 18.3 Å². The first-order valence-corrected chi connectivity index (χ1v) is 5.04. The zero-order chi connectivity index (χ0) is 11.5. The first-order chi connectivity index (χ1) is 7.72. The lowest BCUT2D eigenvalue weighted by atomic mass is 9.97. The van der Waals surface area contributed by atoms with Gasteiger partial charge in [0.15, 0.2) is 5.78 Å². The average molecular weight is 218 g/mol. The van der Waals surface area contributed by atoms with Crippen LogP contribution >= 0.6 is 0 Å². The standard InChI is InChI=1S/C12H10FNO2/c13-5-1-2-8-6-9-10(15)3-4-11(16)12(9)14-7-8/h3-4,6-7H,1-2,5H2/i13-1. The van der Waals surface area contributed by atoms with E-state index in [-0.39, 0.29) is 17.3 Å². The van der Waals surface area contributed by atoms with Gasteiger partial charge >= 0.3 is 0 Å². The summed E-state index contributed by atoms with van der Waals surface area (Å²) in [6.45, 7) is -0.399. The van der Waals surface area contributed by atoms with E-state index in [9.17, 15) is 14.0 Å². The molecule has 0 aromatic carbocycles. The zero-order valence-corrected chi connectivity index (χ0v) is 8.57. The normalized spacial score (nSPS) is 14.1. The Morgan fingerprint density at radius 1 is 1.19 bits per heavy atom. The van der Waals surface area contributed by atoms with E-state index in [2.05, 4.69) is 4.98 Å². The molecule has 3 nitrogen and oxygen atoms in total. The minimum absolute atomic E-state index is 0.191. The topological polar surface area (TPSA) is 47.0 Å². The van der Waals surface area contributed by atoms with E-state index >= 15 is 0 Å². The van der Waals surface area contributed by atoms with Crippen molar-refractivity contribution in [2.45, 2.75) is 12.8 Å². The number of hydrogen-bond donors (Lipinski definition) is 0. The molecule has 1 aromatic rings. The Morgan fingerprint density at radius 2 is 1.94 bits per heavy atom. The Bertz CT molecular complexity index is 480. The van der Waals surface area contributed by atoms with E-state index in [4.69, 9.17) is 0 Å². The molecule has 1 aromatic heterocycles. The number of aromatic nitrogens is 1. The molecule has 0 N–H and O–H groups in total. The first-order valence-electron chi connectivity index (χ1n) is 5.04. The molecule has 0 saturated heterocycles. The first kappa shape index (κ1) is 10.7. The molecule has 0 atom stereocenters. The molecular formula is C12H10FNO2. The van der Waals surface area contributed by atoms with Crippen molar-refractivity contribution in [3.8, 4) is 0 Å². The molecule has 82 valence electrons. The molecule has 0 aliphatic heterocycles. The highest BCUT2D eigenvalue weighted by atomic mass is 18.2. The fourth-order valence-corrected chi connectivity index (χ4v) is 1.62. The number of aryl methyl sites for hydroxylation is 1. The smallest absolute Gasteiger partial charge is 0.205 e. The van der Waals surface area contributed by atoms with Crippen LogP contribution in [-0.2, 0) is 6.42 Å². The summed E-state index contributed by atoms with van der Waals surface area (Å²) >= 11 is 0. The second kappa shape index (κ2) is 4.35. The van der Waals surface area contributed by atoms with Crippen LogP contribution in [0.3, 0.4) is 0 Å². The maximum Gasteiger partial charge on any atom is 0.205 e. The molecule has 1 aliphatic rings. The number of fused-ring (bicyclic) bond motifs is 1. The summed E-state index contributed by atoms with van der Waals surface area (Å²) in [5.41, 5.74) is 1.30. The second-order valence-electron chi connectivity index (χ2n) is 3.59. The third kappa shape index (κ3) is 1.91. The summed E-state index contributed by atoms with van der Waals surface area (Å²) < 4.78 is 12.0. The number of rotatable bonds is 3. The number of pyridine rings is 1. The highest BCUT2D eigenvalue weighted by Crippen LogP contribution is 2.16. The van der Waals surface area contributed by atoms with Crippen molar-refractivity contribution in [1.82, 2.24) is 4.98 Å². The van der Waals surface area contributed by atoms with Crippen LogP contribution in [0.15, 0.2) is 24.4 Å². The predicted molar refractivity (Wildman–Crippen MR) is 56.3 cm³/mol. The molecule has 16 heavy (non-hydrogen) atoms. The van der Waals surface area contributed by atoms with Gasteiger partial charge in [0.05, 0.1) is 12.2 Å². The highest BCUT2D eigenvalue weighted by Gasteiger charge is 2.20. The summed E-state index contributed by atoms with van der Waals surface area (Å²) in [6.07, 6.45) is 4.92.